The lowest BCUT2D eigenvalue weighted by Gasteiger charge is -2.05. The summed E-state index contributed by atoms with van der Waals surface area (Å²) in [7, 11) is 0. The molecule has 25 heavy (non-hydrogen) atoms. The molecule has 1 amide bonds. The number of aryl methyl sites for hydroxylation is 2. The average molecular weight is 374 g/mol. The predicted molar refractivity (Wildman–Crippen MR) is 93.9 cm³/mol. The molecule has 0 aliphatic heterocycles. The van der Waals surface area contributed by atoms with Crippen LogP contribution in [0, 0.1) is 0 Å². The number of fused-ring (bicyclic) bond motifs is 1. The Hall–Kier alpha value is -2.39. The van der Waals surface area contributed by atoms with Crippen molar-refractivity contribution in [3.8, 4) is 10.7 Å². The Morgan fingerprint density at radius 3 is 3.04 bits per heavy atom. The third kappa shape index (κ3) is 3.52. The van der Waals surface area contributed by atoms with E-state index in [0.29, 0.717) is 34.6 Å². The highest BCUT2D eigenvalue weighted by molar-refractivity contribution is 7.17. The number of rotatable bonds is 5. The highest BCUT2D eigenvalue weighted by Crippen LogP contribution is 2.29. The average Bonchev–Trinajstić information content (AvgIpc) is 3.33. The molecule has 0 bridgehead atoms. The molecule has 7 nitrogen and oxygen atoms in total. The molecule has 3 heterocycles. The van der Waals surface area contributed by atoms with Gasteiger partial charge in [-0.25, -0.2) is 4.98 Å². The Kier molecular flexibility index (Phi) is 4.41. The van der Waals surface area contributed by atoms with Crippen molar-refractivity contribution >= 4 is 39.5 Å². The van der Waals surface area contributed by atoms with Crippen molar-refractivity contribution in [3.05, 3.63) is 34.0 Å². The summed E-state index contributed by atoms with van der Waals surface area (Å²) < 4.78 is 5.18. The van der Waals surface area contributed by atoms with Crippen LogP contribution in [0.25, 0.3) is 10.7 Å². The Labute approximate surface area is 151 Å². The van der Waals surface area contributed by atoms with Crippen LogP contribution >= 0.6 is 22.7 Å². The van der Waals surface area contributed by atoms with Gasteiger partial charge in [0.05, 0.1) is 15.4 Å². The number of Topliss-reactive ketones (excluding diaryl/α,β-unsaturated/α-hetero) is 1. The zero-order chi connectivity index (χ0) is 17.2. The van der Waals surface area contributed by atoms with Crippen LogP contribution in [0.2, 0.25) is 0 Å². The molecule has 0 unspecified atom stereocenters. The number of aromatic nitrogens is 3. The molecular weight excluding hydrogens is 360 g/mol. The van der Waals surface area contributed by atoms with E-state index < -0.39 is 0 Å². The molecule has 0 saturated heterocycles. The van der Waals surface area contributed by atoms with Crippen LogP contribution in [-0.2, 0) is 17.6 Å². The minimum Gasteiger partial charge on any atom is -0.339 e. The monoisotopic (exact) mass is 374 g/mol. The van der Waals surface area contributed by atoms with Crippen LogP contribution in [-0.4, -0.2) is 26.8 Å². The quantitative estimate of drug-likeness (QED) is 0.735. The van der Waals surface area contributed by atoms with E-state index in [4.69, 9.17) is 4.52 Å². The zero-order valence-electron chi connectivity index (χ0n) is 13.2. The Balaban J connectivity index is 1.34. The first-order chi connectivity index (χ1) is 12.2. The molecule has 0 spiro atoms. The molecule has 0 saturated carbocycles. The molecule has 3 aromatic heterocycles. The number of amides is 1. The molecule has 9 heteroatoms. The lowest BCUT2D eigenvalue weighted by molar-refractivity contribution is -0.116. The molecular formula is C16H14N4O3S2. The molecule has 1 N–H and O–H groups in total. The van der Waals surface area contributed by atoms with Gasteiger partial charge in [0.1, 0.15) is 0 Å². The predicted octanol–water partition coefficient (Wildman–Crippen LogP) is 3.34. The van der Waals surface area contributed by atoms with Gasteiger partial charge in [0.2, 0.25) is 17.6 Å². The molecule has 0 aromatic carbocycles. The molecule has 0 atom stereocenters. The summed E-state index contributed by atoms with van der Waals surface area (Å²) in [4.78, 5) is 34.2. The van der Waals surface area contributed by atoms with Crippen molar-refractivity contribution < 1.29 is 14.1 Å². The smallest absolute Gasteiger partial charge is 0.227 e. The fraction of sp³-hybridized carbons (Fsp3) is 0.312. The maximum atomic E-state index is 12.1. The van der Waals surface area contributed by atoms with Gasteiger partial charge in [0.15, 0.2) is 10.9 Å². The Morgan fingerprint density at radius 2 is 2.24 bits per heavy atom. The summed E-state index contributed by atoms with van der Waals surface area (Å²) in [6.07, 6.45) is 2.75. The number of thiazole rings is 1. The van der Waals surface area contributed by atoms with Gasteiger partial charge >= 0.3 is 0 Å². The van der Waals surface area contributed by atoms with Crippen molar-refractivity contribution in [1.82, 2.24) is 15.1 Å². The van der Waals surface area contributed by atoms with Crippen molar-refractivity contribution in [2.24, 2.45) is 0 Å². The van der Waals surface area contributed by atoms with Crippen LogP contribution in [0.1, 0.15) is 40.5 Å². The number of hydrogen-bond acceptors (Lipinski definition) is 8. The van der Waals surface area contributed by atoms with Gasteiger partial charge in [-0.05, 0) is 24.3 Å². The standard InChI is InChI=1S/C16H14N4O3S2/c21-10-4-1-3-9-14(10)25-16(17-9)18-12(22)6-7-13-19-15(20-23-13)11-5-2-8-24-11/h2,5,8H,1,3-4,6-7H2,(H,17,18,22). The zero-order valence-corrected chi connectivity index (χ0v) is 14.8. The van der Waals surface area contributed by atoms with E-state index in [0.717, 1.165) is 23.4 Å². The van der Waals surface area contributed by atoms with Gasteiger partial charge in [0, 0.05) is 19.3 Å². The molecule has 0 fully saturated rings. The number of carbonyl (C=O) groups is 2. The van der Waals surface area contributed by atoms with Crippen LogP contribution in [0.3, 0.4) is 0 Å². The van der Waals surface area contributed by atoms with Crippen LogP contribution in [0.5, 0.6) is 0 Å². The lowest BCUT2D eigenvalue weighted by atomic mass is 10.0. The topological polar surface area (TPSA) is 98.0 Å². The van der Waals surface area contributed by atoms with Crippen LogP contribution in [0.15, 0.2) is 22.0 Å². The van der Waals surface area contributed by atoms with Gasteiger partial charge < -0.3 is 9.84 Å². The molecule has 0 radical (unpaired) electrons. The number of anilines is 1. The SMILES string of the molecule is O=C(CCc1nc(-c2cccs2)no1)Nc1nc2c(s1)C(=O)CCC2. The normalized spacial score (nSPS) is 13.7. The van der Waals surface area contributed by atoms with Crippen molar-refractivity contribution in [2.75, 3.05) is 5.32 Å². The number of ketones is 1. The second-order valence-electron chi connectivity index (χ2n) is 5.61. The fourth-order valence-electron chi connectivity index (χ4n) is 2.59. The molecule has 1 aliphatic rings. The van der Waals surface area contributed by atoms with E-state index in [1.54, 1.807) is 0 Å². The van der Waals surface area contributed by atoms with Crippen LogP contribution < -0.4 is 5.32 Å². The number of thiophene rings is 1. The van der Waals surface area contributed by atoms with E-state index in [1.807, 2.05) is 17.5 Å². The lowest BCUT2D eigenvalue weighted by Crippen LogP contribution is -2.12. The van der Waals surface area contributed by atoms with Crippen molar-refractivity contribution in [2.45, 2.75) is 32.1 Å². The first-order valence-corrected chi connectivity index (χ1v) is 9.58. The van der Waals surface area contributed by atoms with E-state index in [2.05, 4.69) is 20.4 Å². The maximum Gasteiger partial charge on any atom is 0.227 e. The summed E-state index contributed by atoms with van der Waals surface area (Å²) in [6.45, 7) is 0. The Morgan fingerprint density at radius 1 is 1.32 bits per heavy atom. The fourth-order valence-corrected chi connectivity index (χ4v) is 4.23. The summed E-state index contributed by atoms with van der Waals surface area (Å²) >= 11 is 2.78. The summed E-state index contributed by atoms with van der Waals surface area (Å²) in [5, 5.41) is 9.09. The minimum absolute atomic E-state index is 0.117. The Bertz CT molecular complexity index is 914. The molecule has 128 valence electrons. The van der Waals surface area contributed by atoms with E-state index >= 15 is 0 Å². The summed E-state index contributed by atoms with van der Waals surface area (Å²) in [6, 6.07) is 3.83. The number of carbonyl (C=O) groups excluding carboxylic acids is 2. The van der Waals surface area contributed by atoms with Crippen LogP contribution in [0.4, 0.5) is 5.13 Å². The third-order valence-electron chi connectivity index (χ3n) is 3.79. The van der Waals surface area contributed by atoms with Gasteiger partial charge in [-0.1, -0.05) is 22.6 Å². The first-order valence-electron chi connectivity index (χ1n) is 7.88. The molecule has 3 aromatic rings. The van der Waals surface area contributed by atoms with E-state index in [9.17, 15) is 9.59 Å². The highest BCUT2D eigenvalue weighted by atomic mass is 32.1. The number of nitrogens with one attached hydrogen (secondary N) is 1. The van der Waals surface area contributed by atoms with Crippen molar-refractivity contribution in [3.63, 3.8) is 0 Å². The van der Waals surface area contributed by atoms with Crippen molar-refractivity contribution in [1.29, 1.82) is 0 Å². The third-order valence-corrected chi connectivity index (χ3v) is 5.71. The second-order valence-corrected chi connectivity index (χ2v) is 7.56. The van der Waals surface area contributed by atoms with Gasteiger partial charge in [0.25, 0.3) is 0 Å². The highest BCUT2D eigenvalue weighted by Gasteiger charge is 2.22. The molecule has 1 aliphatic carbocycles. The van der Waals surface area contributed by atoms with Gasteiger partial charge in [-0.3, -0.25) is 9.59 Å². The van der Waals surface area contributed by atoms with Gasteiger partial charge in [-0.15, -0.1) is 11.3 Å². The van der Waals surface area contributed by atoms with E-state index in [-0.39, 0.29) is 18.1 Å². The first kappa shape index (κ1) is 16.1. The second kappa shape index (κ2) is 6.85. The summed E-state index contributed by atoms with van der Waals surface area (Å²) in [5.41, 5.74) is 0.800. The molecule has 4 rings (SSSR count). The summed E-state index contributed by atoms with van der Waals surface area (Å²) in [5.74, 6) is 0.893. The maximum absolute atomic E-state index is 12.1. The van der Waals surface area contributed by atoms with Gasteiger partial charge in [-0.2, -0.15) is 4.98 Å². The van der Waals surface area contributed by atoms with E-state index in [1.165, 1.54) is 22.7 Å². The number of hydrogen-bond donors (Lipinski definition) is 1. The largest absolute Gasteiger partial charge is 0.339 e. The minimum atomic E-state index is -0.186. The number of nitrogens with zero attached hydrogens (tertiary/aromatic N) is 3.